The van der Waals surface area contributed by atoms with Gasteiger partial charge in [-0.25, -0.2) is 4.79 Å². The van der Waals surface area contributed by atoms with Crippen molar-refractivity contribution < 1.29 is 19.4 Å². The quantitative estimate of drug-likeness (QED) is 0.770. The van der Waals surface area contributed by atoms with Crippen LogP contribution in [0, 0.1) is 0 Å². The molecule has 1 fully saturated rings. The van der Waals surface area contributed by atoms with Crippen LogP contribution in [0.1, 0.15) is 27.2 Å². The maximum Gasteiger partial charge on any atom is 0.408 e. The van der Waals surface area contributed by atoms with E-state index in [2.05, 4.69) is 21.2 Å². The van der Waals surface area contributed by atoms with E-state index in [-0.39, 0.29) is 11.7 Å². The first-order valence-electron chi connectivity index (χ1n) is 8.38. The fourth-order valence-corrected chi connectivity index (χ4v) is 3.50. The van der Waals surface area contributed by atoms with Crippen LogP contribution in [0.3, 0.4) is 0 Å². The highest BCUT2D eigenvalue weighted by Gasteiger charge is 2.35. The summed E-state index contributed by atoms with van der Waals surface area (Å²) in [6.45, 7) is 5.80. The van der Waals surface area contributed by atoms with Crippen LogP contribution in [0.2, 0.25) is 0 Å². The van der Waals surface area contributed by atoms with E-state index in [4.69, 9.17) is 4.74 Å². The van der Waals surface area contributed by atoms with Crippen LogP contribution in [0.15, 0.2) is 34.8 Å². The standard InChI is InChI=1S/C19H21BrN2O4/c1-19(2,3)26-18(25)21-15-8-9-22(17(15)24)16-7-6-14(20)12-5-4-11(23)10-13(12)16/h4-7,10,15,23H,8-9H2,1-3H3,(H,21,25)/t15-/m1/s1. The minimum Gasteiger partial charge on any atom is -0.508 e. The fraction of sp³-hybridized carbons (Fsp3) is 0.368. The summed E-state index contributed by atoms with van der Waals surface area (Å²) in [5.74, 6) is -0.0604. The molecule has 0 saturated carbocycles. The molecule has 1 heterocycles. The molecule has 2 aromatic rings. The van der Waals surface area contributed by atoms with Crippen LogP contribution in [0.4, 0.5) is 10.5 Å². The van der Waals surface area contributed by atoms with Crippen molar-refractivity contribution in [3.05, 3.63) is 34.8 Å². The van der Waals surface area contributed by atoms with E-state index in [1.807, 2.05) is 12.1 Å². The Morgan fingerprint density at radius 3 is 2.69 bits per heavy atom. The predicted octanol–water partition coefficient (Wildman–Crippen LogP) is 3.94. The monoisotopic (exact) mass is 420 g/mol. The normalized spacial score (nSPS) is 17.6. The third-order valence-corrected chi connectivity index (χ3v) is 4.80. The number of halogens is 1. The number of nitrogens with one attached hydrogen (secondary N) is 1. The van der Waals surface area contributed by atoms with Crippen molar-refractivity contribution in [2.24, 2.45) is 0 Å². The van der Waals surface area contributed by atoms with E-state index >= 15 is 0 Å². The number of carbonyl (C=O) groups excluding carboxylic acids is 2. The lowest BCUT2D eigenvalue weighted by atomic mass is 10.1. The number of rotatable bonds is 2. The van der Waals surface area contributed by atoms with Crippen molar-refractivity contribution >= 4 is 44.4 Å². The Balaban J connectivity index is 1.85. The first kappa shape index (κ1) is 18.5. The summed E-state index contributed by atoms with van der Waals surface area (Å²) in [7, 11) is 0. The van der Waals surface area contributed by atoms with Crippen molar-refractivity contribution in [2.75, 3.05) is 11.4 Å². The van der Waals surface area contributed by atoms with Crippen LogP contribution >= 0.6 is 15.9 Å². The van der Waals surface area contributed by atoms with Crippen LogP contribution < -0.4 is 10.2 Å². The van der Waals surface area contributed by atoms with Gasteiger partial charge in [0.1, 0.15) is 17.4 Å². The minimum absolute atomic E-state index is 0.131. The van der Waals surface area contributed by atoms with Gasteiger partial charge in [0.2, 0.25) is 5.91 Å². The molecular weight excluding hydrogens is 400 g/mol. The van der Waals surface area contributed by atoms with E-state index < -0.39 is 17.7 Å². The van der Waals surface area contributed by atoms with Gasteiger partial charge in [0.05, 0.1) is 5.69 Å². The first-order chi connectivity index (χ1) is 12.2. The molecule has 1 aliphatic heterocycles. The maximum atomic E-state index is 12.8. The Morgan fingerprint density at radius 1 is 1.27 bits per heavy atom. The Kier molecular flexibility index (Phi) is 4.84. The van der Waals surface area contributed by atoms with Crippen molar-refractivity contribution in [1.29, 1.82) is 0 Å². The molecule has 138 valence electrons. The number of phenols is 1. The van der Waals surface area contributed by atoms with Gasteiger partial charge in [0, 0.05) is 16.4 Å². The number of fused-ring (bicyclic) bond motifs is 1. The van der Waals surface area contributed by atoms with E-state index in [1.165, 1.54) is 0 Å². The SMILES string of the molecule is CC(C)(C)OC(=O)N[C@@H]1CCN(c2ccc(Br)c3ccc(O)cc23)C1=O. The molecule has 2 amide bonds. The predicted molar refractivity (Wildman–Crippen MR) is 103 cm³/mol. The number of aromatic hydroxyl groups is 1. The lowest BCUT2D eigenvalue weighted by Crippen LogP contribution is -2.43. The summed E-state index contributed by atoms with van der Waals surface area (Å²) in [6, 6.07) is 8.12. The maximum absolute atomic E-state index is 12.8. The molecule has 0 bridgehead atoms. The molecule has 0 radical (unpaired) electrons. The number of hydrogen-bond acceptors (Lipinski definition) is 4. The van der Waals surface area contributed by atoms with Gasteiger partial charge in [0.15, 0.2) is 0 Å². The highest BCUT2D eigenvalue weighted by Crippen LogP contribution is 2.36. The molecule has 1 aliphatic rings. The summed E-state index contributed by atoms with van der Waals surface area (Å²) < 4.78 is 6.11. The molecule has 2 aromatic carbocycles. The second kappa shape index (κ2) is 6.79. The zero-order valence-corrected chi connectivity index (χ0v) is 16.5. The second-order valence-electron chi connectivity index (χ2n) is 7.27. The molecule has 0 unspecified atom stereocenters. The second-order valence-corrected chi connectivity index (χ2v) is 8.13. The highest BCUT2D eigenvalue weighted by atomic mass is 79.9. The van der Waals surface area contributed by atoms with Crippen molar-refractivity contribution in [2.45, 2.75) is 38.8 Å². The lowest BCUT2D eigenvalue weighted by Gasteiger charge is -2.22. The molecule has 6 nitrogen and oxygen atoms in total. The van der Waals surface area contributed by atoms with Gasteiger partial charge in [-0.15, -0.1) is 0 Å². The number of carbonyl (C=O) groups is 2. The van der Waals surface area contributed by atoms with Gasteiger partial charge >= 0.3 is 6.09 Å². The summed E-state index contributed by atoms with van der Waals surface area (Å²) in [4.78, 5) is 26.4. The average Bonchev–Trinajstić information content (AvgIpc) is 2.87. The van der Waals surface area contributed by atoms with Gasteiger partial charge in [0.25, 0.3) is 0 Å². The Bertz CT molecular complexity index is 876. The van der Waals surface area contributed by atoms with Gasteiger partial charge in [-0.05, 0) is 62.9 Å². The van der Waals surface area contributed by atoms with Crippen molar-refractivity contribution in [1.82, 2.24) is 5.32 Å². The van der Waals surface area contributed by atoms with Gasteiger partial charge in [-0.1, -0.05) is 15.9 Å². The van der Waals surface area contributed by atoms with Crippen LogP contribution in [-0.4, -0.2) is 35.3 Å². The van der Waals surface area contributed by atoms with Crippen LogP contribution in [0.5, 0.6) is 5.75 Å². The molecule has 0 aromatic heterocycles. The number of phenolic OH excluding ortho intramolecular Hbond substituents is 1. The third-order valence-electron chi connectivity index (χ3n) is 4.11. The van der Waals surface area contributed by atoms with Gasteiger partial charge in [-0.3, -0.25) is 4.79 Å². The average molecular weight is 421 g/mol. The zero-order chi connectivity index (χ0) is 19.1. The van der Waals surface area contributed by atoms with Gasteiger partial charge in [-0.2, -0.15) is 0 Å². The minimum atomic E-state index is -0.624. The number of benzene rings is 2. The van der Waals surface area contributed by atoms with Gasteiger partial charge < -0.3 is 20.1 Å². The molecule has 1 saturated heterocycles. The smallest absolute Gasteiger partial charge is 0.408 e. The van der Waals surface area contributed by atoms with E-state index in [0.29, 0.717) is 18.7 Å². The summed E-state index contributed by atoms with van der Waals surface area (Å²) in [6.07, 6.45) is -0.106. The molecule has 7 heteroatoms. The Hall–Kier alpha value is -2.28. The summed E-state index contributed by atoms with van der Waals surface area (Å²) in [5.41, 5.74) is 0.0859. The van der Waals surface area contributed by atoms with E-state index in [0.717, 1.165) is 15.2 Å². The number of alkyl carbamates (subject to hydrolysis) is 1. The summed E-state index contributed by atoms with van der Waals surface area (Å²) >= 11 is 3.49. The number of anilines is 1. The number of ether oxygens (including phenoxy) is 1. The number of hydrogen-bond donors (Lipinski definition) is 2. The molecule has 3 rings (SSSR count). The Morgan fingerprint density at radius 2 is 2.00 bits per heavy atom. The third kappa shape index (κ3) is 3.77. The number of nitrogens with zero attached hydrogens (tertiary/aromatic N) is 1. The van der Waals surface area contributed by atoms with Crippen LogP contribution in [0.25, 0.3) is 10.8 Å². The fourth-order valence-electron chi connectivity index (χ4n) is 3.02. The number of amides is 2. The summed E-state index contributed by atoms with van der Waals surface area (Å²) in [5, 5.41) is 14.2. The molecule has 0 spiro atoms. The molecule has 2 N–H and O–H groups in total. The Labute approximate surface area is 160 Å². The first-order valence-corrected chi connectivity index (χ1v) is 9.17. The van der Waals surface area contributed by atoms with Crippen molar-refractivity contribution in [3.8, 4) is 5.75 Å². The highest BCUT2D eigenvalue weighted by molar-refractivity contribution is 9.10. The zero-order valence-electron chi connectivity index (χ0n) is 14.9. The van der Waals surface area contributed by atoms with Crippen LogP contribution in [-0.2, 0) is 9.53 Å². The van der Waals surface area contributed by atoms with E-state index in [1.54, 1.807) is 43.9 Å². The molecular formula is C19H21BrN2O4. The topological polar surface area (TPSA) is 78.9 Å². The largest absolute Gasteiger partial charge is 0.508 e. The van der Waals surface area contributed by atoms with E-state index in [9.17, 15) is 14.7 Å². The lowest BCUT2D eigenvalue weighted by molar-refractivity contribution is -0.118. The molecule has 26 heavy (non-hydrogen) atoms. The molecule has 0 aliphatic carbocycles. The van der Waals surface area contributed by atoms with Crippen molar-refractivity contribution in [3.63, 3.8) is 0 Å². The molecule has 1 atom stereocenters.